The van der Waals surface area contributed by atoms with Gasteiger partial charge in [-0.2, -0.15) is 0 Å². The molecule has 0 aromatic carbocycles. The number of hydrogen-bond donors (Lipinski definition) is 0. The number of hydrogen-bond acceptors (Lipinski definition) is 2. The van der Waals surface area contributed by atoms with Crippen molar-refractivity contribution in [3.8, 4) is 0 Å². The predicted octanol–water partition coefficient (Wildman–Crippen LogP) is 0.754. The summed E-state index contributed by atoms with van der Waals surface area (Å²) in [7, 11) is 0. The van der Waals surface area contributed by atoms with Gasteiger partial charge in [0.1, 0.15) is 6.10 Å². The van der Waals surface area contributed by atoms with E-state index in [1.54, 1.807) is 0 Å². The first-order valence-electron chi connectivity index (χ1n) is 2.99. The minimum absolute atomic E-state index is 0.0417. The van der Waals surface area contributed by atoms with Gasteiger partial charge in [-0.15, -0.1) is 0 Å². The van der Waals surface area contributed by atoms with Crippen LogP contribution < -0.4 is 0 Å². The molecule has 0 N–H and O–H groups in total. The Morgan fingerprint density at radius 3 is 2.75 bits per heavy atom. The average molecular weight is 114 g/mol. The molecule has 0 spiro atoms. The van der Waals surface area contributed by atoms with Gasteiger partial charge in [0.2, 0.25) is 0 Å². The molecular weight excluding hydrogens is 104 g/mol. The topological polar surface area (TPSA) is 26.3 Å². The fourth-order valence-electron chi connectivity index (χ4n) is 0.758. The second kappa shape index (κ2) is 2.27. The largest absolute Gasteiger partial charge is 0.371 e. The Bertz CT molecular complexity index is 98.7. The van der Waals surface area contributed by atoms with E-state index in [0.29, 0.717) is 6.61 Å². The third-order valence-corrected chi connectivity index (χ3v) is 1.38. The molecule has 0 aromatic heterocycles. The lowest BCUT2D eigenvalue weighted by molar-refractivity contribution is -0.139. The van der Waals surface area contributed by atoms with Crippen LogP contribution in [0, 0.1) is 0 Å². The Balaban J connectivity index is 2.17. The number of carbonyl (C=O) groups is 1. The number of ether oxygens (including phenoxy) is 1. The van der Waals surface area contributed by atoms with Crippen molar-refractivity contribution in [3.05, 3.63) is 0 Å². The van der Waals surface area contributed by atoms with E-state index >= 15 is 0 Å². The zero-order valence-corrected chi connectivity index (χ0v) is 5.02. The molecule has 0 heterocycles. The molecule has 2 heteroatoms. The quantitative estimate of drug-likeness (QED) is 0.529. The van der Waals surface area contributed by atoms with Gasteiger partial charge in [0.15, 0.2) is 5.78 Å². The second-order valence-electron chi connectivity index (χ2n) is 1.95. The number of rotatable bonds is 2. The van der Waals surface area contributed by atoms with E-state index in [4.69, 9.17) is 4.74 Å². The third kappa shape index (κ3) is 0.892. The van der Waals surface area contributed by atoms with Gasteiger partial charge in [-0.3, -0.25) is 4.79 Å². The number of ketones is 1. The molecule has 1 atom stereocenters. The van der Waals surface area contributed by atoms with Crippen LogP contribution >= 0.6 is 0 Å². The van der Waals surface area contributed by atoms with Crippen LogP contribution in [0.25, 0.3) is 0 Å². The zero-order valence-electron chi connectivity index (χ0n) is 5.02. The summed E-state index contributed by atoms with van der Waals surface area (Å²) < 4.78 is 5.04. The van der Waals surface area contributed by atoms with Crippen LogP contribution in [0.4, 0.5) is 0 Å². The molecule has 1 aliphatic rings. The number of Topliss-reactive ketones (excluding diaryl/α,β-unsaturated/α-hetero) is 1. The van der Waals surface area contributed by atoms with Crippen molar-refractivity contribution in [3.63, 3.8) is 0 Å². The van der Waals surface area contributed by atoms with Gasteiger partial charge >= 0.3 is 0 Å². The lowest BCUT2D eigenvalue weighted by Gasteiger charge is -2.22. The van der Waals surface area contributed by atoms with Crippen LogP contribution in [0.2, 0.25) is 0 Å². The van der Waals surface area contributed by atoms with Gasteiger partial charge in [0.25, 0.3) is 0 Å². The highest BCUT2D eigenvalue weighted by Crippen LogP contribution is 2.17. The van der Waals surface area contributed by atoms with E-state index in [-0.39, 0.29) is 11.9 Å². The summed E-state index contributed by atoms with van der Waals surface area (Å²) in [5.41, 5.74) is 0. The molecule has 8 heavy (non-hydrogen) atoms. The summed E-state index contributed by atoms with van der Waals surface area (Å²) in [6.07, 6.45) is 1.62. The Labute approximate surface area is 48.8 Å². The van der Waals surface area contributed by atoms with E-state index in [1.807, 2.05) is 6.92 Å². The Kier molecular flexibility index (Phi) is 1.63. The van der Waals surface area contributed by atoms with Crippen molar-refractivity contribution in [2.45, 2.75) is 25.9 Å². The SMILES string of the molecule is CCOC1CCC1=O. The maximum atomic E-state index is 10.5. The summed E-state index contributed by atoms with van der Waals surface area (Å²) in [5.74, 6) is 0.270. The van der Waals surface area contributed by atoms with E-state index in [2.05, 4.69) is 0 Å². The first-order chi connectivity index (χ1) is 3.84. The molecule has 0 aliphatic heterocycles. The molecule has 0 amide bonds. The predicted molar refractivity (Wildman–Crippen MR) is 29.7 cm³/mol. The van der Waals surface area contributed by atoms with Crippen molar-refractivity contribution in [2.24, 2.45) is 0 Å². The highest BCUT2D eigenvalue weighted by atomic mass is 16.5. The van der Waals surface area contributed by atoms with E-state index in [1.165, 1.54) is 0 Å². The lowest BCUT2D eigenvalue weighted by Crippen LogP contribution is -2.34. The molecule has 1 rings (SSSR count). The minimum Gasteiger partial charge on any atom is -0.371 e. The molecule has 1 saturated carbocycles. The normalized spacial score (nSPS) is 27.6. The summed E-state index contributed by atoms with van der Waals surface area (Å²) in [4.78, 5) is 10.5. The van der Waals surface area contributed by atoms with Crippen LogP contribution in [-0.2, 0) is 9.53 Å². The van der Waals surface area contributed by atoms with Crippen molar-refractivity contribution in [2.75, 3.05) is 6.61 Å². The summed E-state index contributed by atoms with van der Waals surface area (Å²) in [6, 6.07) is 0. The summed E-state index contributed by atoms with van der Waals surface area (Å²) in [6.45, 7) is 2.57. The molecule has 0 aromatic rings. The minimum atomic E-state index is -0.0417. The van der Waals surface area contributed by atoms with Gasteiger partial charge in [-0.25, -0.2) is 0 Å². The first kappa shape index (κ1) is 5.76. The van der Waals surface area contributed by atoms with Gasteiger partial charge < -0.3 is 4.74 Å². The standard InChI is InChI=1S/C6H10O2/c1-2-8-6-4-3-5(6)7/h6H,2-4H2,1H3. The van der Waals surface area contributed by atoms with Crippen molar-refractivity contribution in [1.82, 2.24) is 0 Å². The Morgan fingerprint density at radius 2 is 2.62 bits per heavy atom. The molecule has 1 unspecified atom stereocenters. The van der Waals surface area contributed by atoms with Crippen LogP contribution in [0.3, 0.4) is 0 Å². The Hall–Kier alpha value is -0.370. The monoisotopic (exact) mass is 114 g/mol. The van der Waals surface area contributed by atoms with Crippen molar-refractivity contribution >= 4 is 5.78 Å². The first-order valence-corrected chi connectivity index (χ1v) is 2.99. The zero-order chi connectivity index (χ0) is 5.98. The van der Waals surface area contributed by atoms with Crippen LogP contribution in [0.15, 0.2) is 0 Å². The van der Waals surface area contributed by atoms with Crippen LogP contribution in [-0.4, -0.2) is 18.5 Å². The van der Waals surface area contributed by atoms with Crippen LogP contribution in [0.1, 0.15) is 19.8 Å². The maximum absolute atomic E-state index is 10.5. The third-order valence-electron chi connectivity index (χ3n) is 1.38. The highest BCUT2D eigenvalue weighted by molar-refractivity contribution is 5.88. The van der Waals surface area contributed by atoms with Crippen LogP contribution in [0.5, 0.6) is 0 Å². The Morgan fingerprint density at radius 1 is 1.88 bits per heavy atom. The molecule has 2 nitrogen and oxygen atoms in total. The molecule has 1 fully saturated rings. The van der Waals surface area contributed by atoms with Gasteiger partial charge in [-0.1, -0.05) is 0 Å². The molecule has 46 valence electrons. The fraction of sp³-hybridized carbons (Fsp3) is 0.833. The van der Waals surface area contributed by atoms with Gasteiger partial charge in [-0.05, 0) is 13.3 Å². The average Bonchev–Trinajstić information content (AvgIpc) is 1.79. The maximum Gasteiger partial charge on any atom is 0.161 e. The molecule has 0 bridgehead atoms. The number of carbonyl (C=O) groups excluding carboxylic acids is 1. The summed E-state index contributed by atoms with van der Waals surface area (Å²) >= 11 is 0. The fourth-order valence-corrected chi connectivity index (χ4v) is 0.758. The molecule has 0 saturated heterocycles. The van der Waals surface area contributed by atoms with Gasteiger partial charge in [0.05, 0.1) is 0 Å². The highest BCUT2D eigenvalue weighted by Gasteiger charge is 2.27. The summed E-state index contributed by atoms with van der Waals surface area (Å²) in [5, 5.41) is 0. The second-order valence-corrected chi connectivity index (χ2v) is 1.95. The molecular formula is C6H10O2. The smallest absolute Gasteiger partial charge is 0.161 e. The van der Waals surface area contributed by atoms with E-state index in [0.717, 1.165) is 12.8 Å². The van der Waals surface area contributed by atoms with Crippen molar-refractivity contribution < 1.29 is 9.53 Å². The van der Waals surface area contributed by atoms with Crippen molar-refractivity contribution in [1.29, 1.82) is 0 Å². The van der Waals surface area contributed by atoms with Gasteiger partial charge in [0, 0.05) is 13.0 Å². The molecule has 0 radical (unpaired) electrons. The lowest BCUT2D eigenvalue weighted by atomic mass is 9.94. The van der Waals surface area contributed by atoms with E-state index < -0.39 is 0 Å². The van der Waals surface area contributed by atoms with E-state index in [9.17, 15) is 4.79 Å². The molecule has 1 aliphatic carbocycles.